The summed E-state index contributed by atoms with van der Waals surface area (Å²) >= 11 is 0. The molecule has 2 aromatic rings. The summed E-state index contributed by atoms with van der Waals surface area (Å²) in [6, 6.07) is 11.9. The van der Waals surface area contributed by atoms with Crippen molar-refractivity contribution >= 4 is 0 Å². The molecule has 1 heterocycles. The minimum Gasteiger partial charge on any atom is -0.439 e. The molecule has 1 aromatic carbocycles. The quantitative estimate of drug-likeness (QED) is 0.768. The van der Waals surface area contributed by atoms with Gasteiger partial charge < -0.3 is 4.42 Å². The smallest absolute Gasteiger partial charge is 0.214 e. The average Bonchev–Trinajstić information content (AvgIpc) is 2.80. The van der Waals surface area contributed by atoms with E-state index >= 15 is 0 Å². The molecule has 0 unspecified atom stereocenters. The molecule has 80 valence electrons. The standard InChI is InChI=1S/C13H12N2O/c1-13(2,9-14)12-15-8-11(16-12)10-6-4-3-5-7-10/h3-8H,1-2H3. The number of benzene rings is 1. The Bertz CT molecular complexity index is 520. The van der Waals surface area contributed by atoms with Gasteiger partial charge >= 0.3 is 0 Å². The van der Waals surface area contributed by atoms with Crippen LogP contribution in [0, 0.1) is 11.3 Å². The summed E-state index contributed by atoms with van der Waals surface area (Å²) in [5, 5.41) is 8.98. The van der Waals surface area contributed by atoms with E-state index in [0.29, 0.717) is 11.7 Å². The van der Waals surface area contributed by atoms with E-state index in [4.69, 9.17) is 9.68 Å². The van der Waals surface area contributed by atoms with E-state index in [0.717, 1.165) is 5.56 Å². The lowest BCUT2D eigenvalue weighted by Crippen LogP contribution is -2.13. The number of nitriles is 1. The number of oxazole rings is 1. The Balaban J connectivity index is 2.39. The van der Waals surface area contributed by atoms with Crippen molar-refractivity contribution in [3.8, 4) is 17.4 Å². The van der Waals surface area contributed by atoms with Crippen molar-refractivity contribution in [1.29, 1.82) is 5.26 Å². The second-order valence-electron chi connectivity index (χ2n) is 4.13. The van der Waals surface area contributed by atoms with Gasteiger partial charge in [0.05, 0.1) is 12.3 Å². The van der Waals surface area contributed by atoms with Gasteiger partial charge in [-0.25, -0.2) is 4.98 Å². The van der Waals surface area contributed by atoms with Crippen molar-refractivity contribution < 1.29 is 4.42 Å². The first-order chi connectivity index (χ1) is 7.63. The number of hydrogen-bond donors (Lipinski definition) is 0. The van der Waals surface area contributed by atoms with Gasteiger partial charge in [-0.15, -0.1) is 0 Å². The summed E-state index contributed by atoms with van der Waals surface area (Å²) in [5.74, 6) is 1.15. The normalized spacial score (nSPS) is 11.1. The zero-order valence-electron chi connectivity index (χ0n) is 9.27. The van der Waals surface area contributed by atoms with Crippen LogP contribution in [0.2, 0.25) is 0 Å². The Morgan fingerprint density at radius 1 is 1.25 bits per heavy atom. The van der Waals surface area contributed by atoms with Gasteiger partial charge in [0.25, 0.3) is 0 Å². The van der Waals surface area contributed by atoms with Gasteiger partial charge in [-0.2, -0.15) is 5.26 Å². The Morgan fingerprint density at radius 3 is 2.56 bits per heavy atom. The topological polar surface area (TPSA) is 49.8 Å². The minimum atomic E-state index is -0.687. The molecule has 0 fully saturated rings. The lowest BCUT2D eigenvalue weighted by atomic mass is 9.96. The summed E-state index contributed by atoms with van der Waals surface area (Å²) in [7, 11) is 0. The summed E-state index contributed by atoms with van der Waals surface area (Å²) in [4.78, 5) is 4.15. The first kappa shape index (κ1) is 10.4. The van der Waals surface area contributed by atoms with E-state index in [2.05, 4.69) is 11.1 Å². The van der Waals surface area contributed by atoms with E-state index in [1.54, 1.807) is 20.0 Å². The summed E-state index contributed by atoms with van der Waals surface area (Å²) in [6.07, 6.45) is 1.66. The van der Waals surface area contributed by atoms with E-state index in [1.807, 2.05) is 30.3 Å². The van der Waals surface area contributed by atoms with Crippen LogP contribution in [0.3, 0.4) is 0 Å². The highest BCUT2D eigenvalue weighted by atomic mass is 16.4. The number of hydrogen-bond acceptors (Lipinski definition) is 3. The maximum Gasteiger partial charge on any atom is 0.214 e. The third-order valence-corrected chi connectivity index (χ3v) is 2.38. The maximum absolute atomic E-state index is 8.98. The van der Waals surface area contributed by atoms with E-state index < -0.39 is 5.41 Å². The van der Waals surface area contributed by atoms with Gasteiger partial charge in [0.2, 0.25) is 5.89 Å². The molecule has 0 aliphatic heterocycles. The average molecular weight is 212 g/mol. The monoisotopic (exact) mass is 212 g/mol. The fourth-order valence-electron chi connectivity index (χ4n) is 1.35. The highest BCUT2D eigenvalue weighted by Gasteiger charge is 2.26. The van der Waals surface area contributed by atoms with Crippen LogP contribution in [0.15, 0.2) is 40.9 Å². The second kappa shape index (κ2) is 3.82. The van der Waals surface area contributed by atoms with Gasteiger partial charge in [0.15, 0.2) is 5.76 Å². The van der Waals surface area contributed by atoms with Crippen LogP contribution < -0.4 is 0 Å². The van der Waals surface area contributed by atoms with Crippen LogP contribution in [0.4, 0.5) is 0 Å². The van der Waals surface area contributed by atoms with Crippen molar-refractivity contribution in [2.45, 2.75) is 19.3 Å². The zero-order valence-corrected chi connectivity index (χ0v) is 9.27. The van der Waals surface area contributed by atoms with Crippen molar-refractivity contribution in [2.75, 3.05) is 0 Å². The van der Waals surface area contributed by atoms with Crippen LogP contribution in [0.1, 0.15) is 19.7 Å². The third-order valence-electron chi connectivity index (χ3n) is 2.38. The fraction of sp³-hybridized carbons (Fsp3) is 0.231. The van der Waals surface area contributed by atoms with Crippen molar-refractivity contribution in [2.24, 2.45) is 0 Å². The van der Waals surface area contributed by atoms with Crippen LogP contribution in [0.5, 0.6) is 0 Å². The van der Waals surface area contributed by atoms with E-state index in [1.165, 1.54) is 0 Å². The van der Waals surface area contributed by atoms with Gasteiger partial charge in [0, 0.05) is 5.56 Å². The predicted octanol–water partition coefficient (Wildman–Crippen LogP) is 3.14. The molecule has 2 rings (SSSR count). The molecule has 3 nitrogen and oxygen atoms in total. The van der Waals surface area contributed by atoms with Crippen LogP contribution in [-0.4, -0.2) is 4.98 Å². The molecule has 0 N–H and O–H groups in total. The second-order valence-corrected chi connectivity index (χ2v) is 4.13. The minimum absolute atomic E-state index is 0.453. The lowest BCUT2D eigenvalue weighted by molar-refractivity contribution is 0.435. The molecule has 0 aliphatic carbocycles. The van der Waals surface area contributed by atoms with Crippen molar-refractivity contribution in [3.63, 3.8) is 0 Å². The first-order valence-corrected chi connectivity index (χ1v) is 5.06. The molecule has 3 heteroatoms. The maximum atomic E-state index is 8.98. The molecule has 0 spiro atoms. The molecule has 0 bridgehead atoms. The Labute approximate surface area is 94.4 Å². The van der Waals surface area contributed by atoms with Crippen LogP contribution in [-0.2, 0) is 5.41 Å². The third kappa shape index (κ3) is 1.82. The highest BCUT2D eigenvalue weighted by Crippen LogP contribution is 2.26. The lowest BCUT2D eigenvalue weighted by Gasteiger charge is -2.08. The number of aromatic nitrogens is 1. The number of rotatable bonds is 2. The molecule has 0 saturated heterocycles. The first-order valence-electron chi connectivity index (χ1n) is 5.06. The predicted molar refractivity (Wildman–Crippen MR) is 60.6 cm³/mol. The van der Waals surface area contributed by atoms with Gasteiger partial charge in [-0.3, -0.25) is 0 Å². The highest BCUT2D eigenvalue weighted by molar-refractivity contribution is 5.56. The molecule has 16 heavy (non-hydrogen) atoms. The SMILES string of the molecule is CC(C)(C#N)c1ncc(-c2ccccc2)o1. The van der Waals surface area contributed by atoms with Crippen LogP contribution in [0.25, 0.3) is 11.3 Å². The van der Waals surface area contributed by atoms with E-state index in [-0.39, 0.29) is 0 Å². The Kier molecular flexibility index (Phi) is 2.49. The van der Waals surface area contributed by atoms with Gasteiger partial charge in [-0.05, 0) is 13.8 Å². The molecule has 0 aliphatic rings. The molecule has 0 amide bonds. The van der Waals surface area contributed by atoms with Gasteiger partial charge in [0.1, 0.15) is 5.41 Å². The van der Waals surface area contributed by atoms with Crippen molar-refractivity contribution in [3.05, 3.63) is 42.4 Å². The van der Waals surface area contributed by atoms with Crippen molar-refractivity contribution in [1.82, 2.24) is 4.98 Å². The molecule has 0 radical (unpaired) electrons. The van der Waals surface area contributed by atoms with Crippen LogP contribution >= 0.6 is 0 Å². The molecular weight excluding hydrogens is 200 g/mol. The Hall–Kier alpha value is -2.08. The summed E-state index contributed by atoms with van der Waals surface area (Å²) in [6.45, 7) is 3.57. The summed E-state index contributed by atoms with van der Waals surface area (Å²) in [5.41, 5.74) is 0.280. The summed E-state index contributed by atoms with van der Waals surface area (Å²) < 4.78 is 5.59. The fourth-order valence-corrected chi connectivity index (χ4v) is 1.35. The van der Waals surface area contributed by atoms with E-state index in [9.17, 15) is 0 Å². The molecule has 0 saturated carbocycles. The Morgan fingerprint density at radius 2 is 1.94 bits per heavy atom. The molecule has 0 atom stereocenters. The molecular formula is C13H12N2O. The van der Waals surface area contributed by atoms with Gasteiger partial charge in [-0.1, -0.05) is 30.3 Å². The molecule has 1 aromatic heterocycles. The zero-order chi connectivity index (χ0) is 11.6. The number of nitrogens with zero attached hydrogens (tertiary/aromatic N) is 2. The largest absolute Gasteiger partial charge is 0.439 e.